The van der Waals surface area contributed by atoms with Gasteiger partial charge in [-0.05, 0) is 55.8 Å². The molecule has 0 saturated carbocycles. The second-order valence-electron chi connectivity index (χ2n) is 6.13. The number of thioether (sulfide) groups is 1. The van der Waals surface area contributed by atoms with E-state index < -0.39 is 5.91 Å². The maximum absolute atomic E-state index is 12.8. The molecule has 0 unspecified atom stereocenters. The van der Waals surface area contributed by atoms with Crippen LogP contribution in [0.15, 0.2) is 41.3 Å². The van der Waals surface area contributed by atoms with E-state index >= 15 is 0 Å². The van der Waals surface area contributed by atoms with Crippen molar-refractivity contribution in [2.75, 3.05) is 6.54 Å². The summed E-state index contributed by atoms with van der Waals surface area (Å²) in [6, 6.07) is 10.9. The molecule has 0 aromatic heterocycles. The molecule has 2 aromatic carbocycles. The van der Waals surface area contributed by atoms with Crippen molar-refractivity contribution in [2.45, 2.75) is 32.1 Å². The molecule has 6 heteroatoms. The van der Waals surface area contributed by atoms with Crippen LogP contribution in [0, 0.1) is 20.8 Å². The third-order valence-electron chi connectivity index (χ3n) is 3.87. The number of rotatable bonds is 6. The Morgan fingerprint density at radius 2 is 1.65 bits per heavy atom. The monoisotopic (exact) mass is 370 g/mol. The fraction of sp³-hybridized carbons (Fsp3) is 0.250. The highest BCUT2D eigenvalue weighted by Crippen LogP contribution is 2.29. The molecule has 0 bridgehead atoms. The molecule has 136 valence electrons. The first-order valence-electron chi connectivity index (χ1n) is 8.25. The lowest BCUT2D eigenvalue weighted by Gasteiger charge is -2.12. The van der Waals surface area contributed by atoms with Crippen molar-refractivity contribution in [2.24, 2.45) is 5.73 Å². The summed E-state index contributed by atoms with van der Waals surface area (Å²) < 4.78 is 0. The topological polar surface area (TPSA) is 89.3 Å². The van der Waals surface area contributed by atoms with Crippen LogP contribution in [-0.4, -0.2) is 23.5 Å². The van der Waals surface area contributed by atoms with E-state index in [9.17, 15) is 14.4 Å². The maximum atomic E-state index is 12.8. The molecule has 26 heavy (non-hydrogen) atoms. The zero-order valence-electron chi connectivity index (χ0n) is 15.1. The van der Waals surface area contributed by atoms with Crippen LogP contribution in [0.1, 0.15) is 43.8 Å². The summed E-state index contributed by atoms with van der Waals surface area (Å²) in [7, 11) is 0. The molecule has 0 aliphatic carbocycles. The van der Waals surface area contributed by atoms with Crippen LogP contribution >= 0.6 is 11.8 Å². The average Bonchev–Trinajstić information content (AvgIpc) is 2.53. The summed E-state index contributed by atoms with van der Waals surface area (Å²) in [6.07, 6.45) is 0.0712. The first-order chi connectivity index (χ1) is 12.3. The first kappa shape index (κ1) is 19.7. The number of carbonyl (C=O) groups excluding carboxylic acids is 3. The van der Waals surface area contributed by atoms with E-state index in [4.69, 9.17) is 5.73 Å². The molecule has 3 N–H and O–H groups in total. The van der Waals surface area contributed by atoms with Gasteiger partial charge in [-0.3, -0.25) is 14.4 Å². The van der Waals surface area contributed by atoms with E-state index in [-0.39, 0.29) is 24.0 Å². The van der Waals surface area contributed by atoms with Gasteiger partial charge in [0.2, 0.25) is 11.0 Å². The predicted molar refractivity (Wildman–Crippen MR) is 103 cm³/mol. The summed E-state index contributed by atoms with van der Waals surface area (Å²) in [5.74, 6) is -0.812. The fourth-order valence-electron chi connectivity index (χ4n) is 2.79. The molecule has 0 aliphatic rings. The Kier molecular flexibility index (Phi) is 6.58. The van der Waals surface area contributed by atoms with Gasteiger partial charge in [-0.2, -0.15) is 0 Å². The predicted octanol–water partition coefficient (Wildman–Crippen LogP) is 3.15. The van der Waals surface area contributed by atoms with Crippen LogP contribution < -0.4 is 11.1 Å². The fourth-order valence-corrected chi connectivity index (χ4v) is 3.83. The summed E-state index contributed by atoms with van der Waals surface area (Å²) in [5.41, 5.74) is 9.10. The molecule has 0 heterocycles. The van der Waals surface area contributed by atoms with Crippen molar-refractivity contribution in [1.29, 1.82) is 0 Å². The zero-order valence-corrected chi connectivity index (χ0v) is 15.9. The minimum Gasteiger partial charge on any atom is -0.370 e. The van der Waals surface area contributed by atoms with Crippen LogP contribution in [0.5, 0.6) is 0 Å². The van der Waals surface area contributed by atoms with E-state index in [0.717, 1.165) is 28.5 Å². The molecule has 2 aromatic rings. The lowest BCUT2D eigenvalue weighted by Crippen LogP contribution is -2.28. The van der Waals surface area contributed by atoms with E-state index in [2.05, 4.69) is 5.32 Å². The molecular weight excluding hydrogens is 348 g/mol. The Hall–Kier alpha value is -2.60. The Balaban J connectivity index is 2.21. The van der Waals surface area contributed by atoms with Gasteiger partial charge in [0.15, 0.2) is 0 Å². The number of aryl methyl sites for hydroxylation is 3. The Labute approximate surface area is 157 Å². The number of hydrogen-bond donors (Lipinski definition) is 2. The summed E-state index contributed by atoms with van der Waals surface area (Å²) in [4.78, 5) is 36.5. The molecule has 0 spiro atoms. The minimum absolute atomic E-state index is 0.0712. The van der Waals surface area contributed by atoms with Gasteiger partial charge in [-0.25, -0.2) is 0 Å². The smallest absolute Gasteiger partial charge is 0.252 e. The molecule has 2 amide bonds. The molecule has 0 saturated heterocycles. The summed E-state index contributed by atoms with van der Waals surface area (Å²) >= 11 is 1.03. The SMILES string of the molecule is Cc1cc(C)c(C(=O)Sc2ccccc2C(=O)NCCC(N)=O)c(C)c1. The molecular formula is C20H22N2O3S. The lowest BCUT2D eigenvalue weighted by molar-refractivity contribution is -0.117. The van der Waals surface area contributed by atoms with Gasteiger partial charge in [0.1, 0.15) is 0 Å². The molecule has 2 rings (SSSR count). The lowest BCUT2D eigenvalue weighted by atomic mass is 10.0. The average molecular weight is 370 g/mol. The number of nitrogens with one attached hydrogen (secondary N) is 1. The Morgan fingerprint density at radius 3 is 2.27 bits per heavy atom. The second-order valence-corrected chi connectivity index (χ2v) is 7.15. The number of benzene rings is 2. The van der Waals surface area contributed by atoms with Crippen LogP contribution in [0.2, 0.25) is 0 Å². The van der Waals surface area contributed by atoms with Gasteiger partial charge in [-0.15, -0.1) is 0 Å². The Bertz CT molecular complexity index is 839. The van der Waals surface area contributed by atoms with Crippen LogP contribution in [-0.2, 0) is 4.79 Å². The van der Waals surface area contributed by atoms with Crippen LogP contribution in [0.4, 0.5) is 0 Å². The Morgan fingerprint density at radius 1 is 1.04 bits per heavy atom. The van der Waals surface area contributed by atoms with Gasteiger partial charge in [0, 0.05) is 23.4 Å². The van der Waals surface area contributed by atoms with E-state index in [0.29, 0.717) is 16.0 Å². The van der Waals surface area contributed by atoms with Gasteiger partial charge < -0.3 is 11.1 Å². The van der Waals surface area contributed by atoms with Crippen molar-refractivity contribution in [3.63, 3.8) is 0 Å². The first-order valence-corrected chi connectivity index (χ1v) is 9.06. The normalized spacial score (nSPS) is 10.4. The van der Waals surface area contributed by atoms with Crippen LogP contribution in [0.3, 0.4) is 0 Å². The van der Waals surface area contributed by atoms with Gasteiger partial charge in [0.05, 0.1) is 5.56 Å². The number of nitrogens with two attached hydrogens (primary N) is 1. The van der Waals surface area contributed by atoms with Crippen molar-refractivity contribution >= 4 is 28.7 Å². The van der Waals surface area contributed by atoms with E-state index in [1.807, 2.05) is 32.9 Å². The minimum atomic E-state index is -0.478. The maximum Gasteiger partial charge on any atom is 0.252 e. The quantitative estimate of drug-likeness (QED) is 0.765. The van der Waals surface area contributed by atoms with Gasteiger partial charge in [-0.1, -0.05) is 29.8 Å². The third kappa shape index (κ3) is 4.95. The number of carbonyl (C=O) groups is 3. The van der Waals surface area contributed by atoms with E-state index in [1.165, 1.54) is 0 Å². The molecule has 0 atom stereocenters. The largest absolute Gasteiger partial charge is 0.370 e. The summed E-state index contributed by atoms with van der Waals surface area (Å²) in [5, 5.41) is 2.55. The number of hydrogen-bond acceptors (Lipinski definition) is 4. The third-order valence-corrected chi connectivity index (χ3v) is 4.84. The molecule has 0 fully saturated rings. The van der Waals surface area contributed by atoms with Crippen molar-refractivity contribution < 1.29 is 14.4 Å². The highest BCUT2D eigenvalue weighted by atomic mass is 32.2. The van der Waals surface area contributed by atoms with Gasteiger partial charge >= 0.3 is 0 Å². The number of amides is 2. The van der Waals surface area contributed by atoms with Crippen molar-refractivity contribution in [3.05, 3.63) is 64.2 Å². The highest BCUT2D eigenvalue weighted by molar-refractivity contribution is 8.14. The number of primary amides is 1. The highest BCUT2D eigenvalue weighted by Gasteiger charge is 2.18. The van der Waals surface area contributed by atoms with E-state index in [1.54, 1.807) is 24.3 Å². The molecule has 5 nitrogen and oxygen atoms in total. The zero-order chi connectivity index (χ0) is 19.3. The molecule has 0 aliphatic heterocycles. The molecule has 0 radical (unpaired) electrons. The second kappa shape index (κ2) is 8.67. The standard InChI is InChI=1S/C20H22N2O3S/c1-12-10-13(2)18(14(3)11-12)20(25)26-16-7-5-4-6-15(16)19(24)22-9-8-17(21)23/h4-7,10-11H,8-9H2,1-3H3,(H2,21,23)(H,22,24). The summed E-state index contributed by atoms with van der Waals surface area (Å²) in [6.45, 7) is 5.98. The van der Waals surface area contributed by atoms with Gasteiger partial charge in [0.25, 0.3) is 5.91 Å². The van der Waals surface area contributed by atoms with Crippen molar-refractivity contribution in [1.82, 2.24) is 5.32 Å². The van der Waals surface area contributed by atoms with Crippen molar-refractivity contribution in [3.8, 4) is 0 Å². The van der Waals surface area contributed by atoms with Crippen LogP contribution in [0.25, 0.3) is 0 Å².